The fourth-order valence-corrected chi connectivity index (χ4v) is 1.59. The zero-order chi connectivity index (χ0) is 7.84. The zero-order valence-corrected chi connectivity index (χ0v) is 8.84. The van der Waals surface area contributed by atoms with Crippen LogP contribution >= 0.6 is 32.0 Å². The molecular formula is C6H5IN3P. The Morgan fingerprint density at radius 3 is 3.18 bits per heavy atom. The molecule has 56 valence electrons. The molecule has 0 radical (unpaired) electrons. The molecule has 1 unspecified atom stereocenters. The van der Waals surface area contributed by atoms with Crippen molar-refractivity contribution in [2.24, 2.45) is 0 Å². The minimum atomic E-state index is 0.899. The van der Waals surface area contributed by atoms with Gasteiger partial charge in [0.05, 0.1) is 6.20 Å². The lowest BCUT2D eigenvalue weighted by Gasteiger charge is -1.92. The SMILES string of the molecule is Pn1ccc2nc(I)cnc21. The fourth-order valence-electron chi connectivity index (χ4n) is 0.907. The van der Waals surface area contributed by atoms with Crippen molar-refractivity contribution in [3.05, 3.63) is 22.2 Å². The second-order valence-electron chi connectivity index (χ2n) is 2.12. The first-order chi connectivity index (χ1) is 5.27. The molecule has 0 bridgehead atoms. The molecule has 11 heavy (non-hydrogen) atoms. The molecule has 0 aliphatic carbocycles. The molecule has 2 aromatic heterocycles. The Labute approximate surface area is 79.6 Å². The summed E-state index contributed by atoms with van der Waals surface area (Å²) in [6.45, 7) is 0. The highest BCUT2D eigenvalue weighted by atomic mass is 127. The number of halogens is 1. The third kappa shape index (κ3) is 1.25. The summed E-state index contributed by atoms with van der Waals surface area (Å²) in [6, 6.07) is 1.94. The van der Waals surface area contributed by atoms with E-state index in [0.29, 0.717) is 0 Å². The van der Waals surface area contributed by atoms with E-state index in [0.717, 1.165) is 14.9 Å². The van der Waals surface area contributed by atoms with Gasteiger partial charge in [-0.15, -0.1) is 0 Å². The predicted molar refractivity (Wildman–Crippen MR) is 55.4 cm³/mol. The molecule has 5 heteroatoms. The average Bonchev–Trinajstić information content (AvgIpc) is 2.32. The monoisotopic (exact) mass is 277 g/mol. The molecule has 0 fully saturated rings. The van der Waals surface area contributed by atoms with E-state index in [4.69, 9.17) is 0 Å². The smallest absolute Gasteiger partial charge is 0.161 e. The number of hydrogen-bond donors (Lipinski definition) is 0. The van der Waals surface area contributed by atoms with Crippen molar-refractivity contribution >= 4 is 43.1 Å². The number of aromatic nitrogens is 3. The Morgan fingerprint density at radius 2 is 2.36 bits per heavy atom. The minimum Gasteiger partial charge on any atom is -0.316 e. The molecule has 0 saturated carbocycles. The van der Waals surface area contributed by atoms with Crippen molar-refractivity contribution in [1.82, 2.24) is 14.3 Å². The van der Waals surface area contributed by atoms with E-state index in [1.165, 1.54) is 0 Å². The molecule has 1 atom stereocenters. The molecule has 2 heterocycles. The van der Waals surface area contributed by atoms with Gasteiger partial charge < -0.3 is 4.34 Å². The highest BCUT2D eigenvalue weighted by Crippen LogP contribution is 2.13. The van der Waals surface area contributed by atoms with Gasteiger partial charge in [0.1, 0.15) is 9.22 Å². The van der Waals surface area contributed by atoms with Crippen LogP contribution in [0.15, 0.2) is 18.5 Å². The van der Waals surface area contributed by atoms with Gasteiger partial charge in [-0.2, -0.15) is 0 Å². The van der Waals surface area contributed by atoms with Gasteiger partial charge in [-0.3, -0.25) is 0 Å². The van der Waals surface area contributed by atoms with E-state index in [-0.39, 0.29) is 0 Å². The molecule has 0 aliphatic rings. The normalized spacial score (nSPS) is 10.7. The molecule has 0 amide bonds. The second-order valence-corrected chi connectivity index (χ2v) is 3.79. The lowest BCUT2D eigenvalue weighted by atomic mass is 10.5. The largest absolute Gasteiger partial charge is 0.316 e. The summed E-state index contributed by atoms with van der Waals surface area (Å²) in [5.41, 5.74) is 1.84. The second kappa shape index (κ2) is 2.68. The van der Waals surface area contributed by atoms with Crippen LogP contribution in [-0.2, 0) is 0 Å². The minimum absolute atomic E-state index is 0.899. The third-order valence-electron chi connectivity index (χ3n) is 1.39. The molecule has 0 aliphatic heterocycles. The first-order valence-electron chi connectivity index (χ1n) is 3.02. The summed E-state index contributed by atoms with van der Waals surface area (Å²) in [4.78, 5) is 8.50. The Balaban J connectivity index is 2.86. The first kappa shape index (κ1) is 7.43. The lowest BCUT2D eigenvalue weighted by Crippen LogP contribution is -1.85. The molecule has 2 aromatic rings. The molecule has 2 rings (SSSR count). The van der Waals surface area contributed by atoms with Gasteiger partial charge in [-0.1, -0.05) is 0 Å². The molecule has 0 N–H and O–H groups in total. The fraction of sp³-hybridized carbons (Fsp3) is 0. The number of fused-ring (bicyclic) bond motifs is 1. The number of nitrogens with zero attached hydrogens (tertiary/aromatic N) is 3. The van der Waals surface area contributed by atoms with Gasteiger partial charge in [0.2, 0.25) is 0 Å². The van der Waals surface area contributed by atoms with Crippen molar-refractivity contribution in [2.75, 3.05) is 0 Å². The van der Waals surface area contributed by atoms with E-state index in [1.807, 2.05) is 16.6 Å². The topological polar surface area (TPSA) is 30.7 Å². The quantitative estimate of drug-likeness (QED) is 0.541. The zero-order valence-electron chi connectivity index (χ0n) is 5.53. The van der Waals surface area contributed by atoms with Crippen molar-refractivity contribution in [3.63, 3.8) is 0 Å². The summed E-state index contributed by atoms with van der Waals surface area (Å²) in [5, 5.41) is 0. The van der Waals surface area contributed by atoms with Crippen molar-refractivity contribution < 1.29 is 0 Å². The maximum Gasteiger partial charge on any atom is 0.161 e. The number of hydrogen-bond acceptors (Lipinski definition) is 2. The van der Waals surface area contributed by atoms with Crippen LogP contribution in [0.5, 0.6) is 0 Å². The Morgan fingerprint density at radius 1 is 1.55 bits per heavy atom. The van der Waals surface area contributed by atoms with Crippen LogP contribution in [-0.4, -0.2) is 14.3 Å². The average molecular weight is 277 g/mol. The van der Waals surface area contributed by atoms with Gasteiger partial charge in [-0.05, 0) is 38.0 Å². The van der Waals surface area contributed by atoms with Gasteiger partial charge in [0.25, 0.3) is 0 Å². The van der Waals surface area contributed by atoms with Gasteiger partial charge in [0.15, 0.2) is 5.65 Å². The van der Waals surface area contributed by atoms with Crippen LogP contribution < -0.4 is 0 Å². The maximum atomic E-state index is 4.29. The van der Waals surface area contributed by atoms with Crippen LogP contribution in [0.2, 0.25) is 0 Å². The Hall–Kier alpha value is -0.220. The highest BCUT2D eigenvalue weighted by molar-refractivity contribution is 14.1. The predicted octanol–water partition coefficient (Wildman–Crippen LogP) is 1.67. The molecule has 0 aromatic carbocycles. The van der Waals surface area contributed by atoms with E-state index in [9.17, 15) is 0 Å². The Bertz CT molecular complexity index is 398. The summed E-state index contributed by atoms with van der Waals surface area (Å²) >= 11 is 2.15. The van der Waals surface area contributed by atoms with Crippen LogP contribution in [0, 0.1) is 3.70 Å². The molecule has 3 nitrogen and oxygen atoms in total. The highest BCUT2D eigenvalue weighted by Gasteiger charge is 1.99. The third-order valence-corrected chi connectivity index (χ3v) is 2.32. The standard InChI is InChI=1S/C6H5IN3P/c7-5-3-8-6-4(9-5)1-2-10(6)11/h1-3H,11H2. The maximum absolute atomic E-state index is 4.29. The van der Waals surface area contributed by atoms with Crippen molar-refractivity contribution in [2.45, 2.75) is 0 Å². The van der Waals surface area contributed by atoms with E-state index >= 15 is 0 Å². The summed E-state index contributed by atoms with van der Waals surface area (Å²) in [5.74, 6) is 0. The molecule has 0 saturated heterocycles. The van der Waals surface area contributed by atoms with Crippen LogP contribution in [0.4, 0.5) is 0 Å². The summed E-state index contributed by atoms with van der Waals surface area (Å²) in [7, 11) is 2.56. The van der Waals surface area contributed by atoms with Crippen LogP contribution in [0.3, 0.4) is 0 Å². The number of rotatable bonds is 0. The van der Waals surface area contributed by atoms with Crippen molar-refractivity contribution in [3.8, 4) is 0 Å². The van der Waals surface area contributed by atoms with Crippen LogP contribution in [0.1, 0.15) is 0 Å². The van der Waals surface area contributed by atoms with Gasteiger partial charge in [-0.25, -0.2) is 9.97 Å². The van der Waals surface area contributed by atoms with E-state index < -0.39 is 0 Å². The van der Waals surface area contributed by atoms with E-state index in [2.05, 4.69) is 41.9 Å². The van der Waals surface area contributed by atoms with E-state index in [1.54, 1.807) is 6.20 Å². The summed E-state index contributed by atoms with van der Waals surface area (Å²) in [6.07, 6.45) is 3.68. The van der Waals surface area contributed by atoms with Crippen LogP contribution in [0.25, 0.3) is 11.2 Å². The first-order valence-corrected chi connectivity index (χ1v) is 4.61. The lowest BCUT2D eigenvalue weighted by molar-refractivity contribution is 1.20. The summed E-state index contributed by atoms with van der Waals surface area (Å²) < 4.78 is 2.80. The van der Waals surface area contributed by atoms with Gasteiger partial charge in [0, 0.05) is 6.20 Å². The van der Waals surface area contributed by atoms with Gasteiger partial charge >= 0.3 is 0 Å². The van der Waals surface area contributed by atoms with Crippen molar-refractivity contribution in [1.29, 1.82) is 0 Å². The molecular weight excluding hydrogens is 272 g/mol. The Kier molecular flexibility index (Phi) is 1.81. The molecule has 0 spiro atoms.